The van der Waals surface area contributed by atoms with Gasteiger partial charge in [-0.15, -0.1) is 0 Å². The molecule has 1 atom stereocenters. The summed E-state index contributed by atoms with van der Waals surface area (Å²) in [5.41, 5.74) is 0.770. The minimum Gasteiger partial charge on any atom is -0.465 e. The smallest absolute Gasteiger partial charge is 0.413 e. The predicted molar refractivity (Wildman–Crippen MR) is 59.6 cm³/mol. The van der Waals surface area contributed by atoms with Crippen LogP contribution in [-0.2, 0) is 5.41 Å². The molecule has 0 spiro atoms. The SMILES string of the molecule is CC1(C)c2ccccc2N(C(=O)O)C1Cl. The zero-order valence-corrected chi connectivity index (χ0v) is 9.32. The van der Waals surface area contributed by atoms with Gasteiger partial charge in [0.15, 0.2) is 0 Å². The monoisotopic (exact) mass is 225 g/mol. The number of hydrogen-bond donors (Lipinski definition) is 1. The van der Waals surface area contributed by atoms with E-state index in [4.69, 9.17) is 16.7 Å². The van der Waals surface area contributed by atoms with Crippen molar-refractivity contribution in [3.05, 3.63) is 29.8 Å². The maximum absolute atomic E-state index is 11.1. The number of hydrogen-bond acceptors (Lipinski definition) is 1. The molecule has 1 aromatic rings. The van der Waals surface area contributed by atoms with Gasteiger partial charge in [-0.05, 0) is 11.6 Å². The van der Waals surface area contributed by atoms with Crippen molar-refractivity contribution in [1.29, 1.82) is 0 Å². The maximum Gasteiger partial charge on any atom is 0.413 e. The molecule has 2 rings (SSSR count). The molecule has 1 aromatic carbocycles. The largest absolute Gasteiger partial charge is 0.465 e. The number of alkyl halides is 1. The minimum atomic E-state index is -1.01. The Morgan fingerprint density at radius 2 is 2.07 bits per heavy atom. The van der Waals surface area contributed by atoms with Crippen molar-refractivity contribution in [3.8, 4) is 0 Å². The zero-order chi connectivity index (χ0) is 11.2. The van der Waals surface area contributed by atoms with E-state index in [2.05, 4.69) is 0 Å². The third kappa shape index (κ3) is 1.30. The first-order valence-electron chi connectivity index (χ1n) is 4.72. The van der Waals surface area contributed by atoms with Gasteiger partial charge in [0.1, 0.15) is 5.50 Å². The summed E-state index contributed by atoms with van der Waals surface area (Å²) < 4.78 is 0. The van der Waals surface area contributed by atoms with Crippen LogP contribution in [0.4, 0.5) is 10.5 Å². The van der Waals surface area contributed by atoms with Crippen LogP contribution >= 0.6 is 11.6 Å². The Kier molecular flexibility index (Phi) is 2.15. The zero-order valence-electron chi connectivity index (χ0n) is 8.57. The number of fused-ring (bicyclic) bond motifs is 1. The Balaban J connectivity index is 2.62. The molecule has 0 fully saturated rings. The lowest BCUT2D eigenvalue weighted by atomic mass is 9.87. The molecule has 15 heavy (non-hydrogen) atoms. The highest BCUT2D eigenvalue weighted by Gasteiger charge is 2.46. The molecule has 3 nitrogen and oxygen atoms in total. The van der Waals surface area contributed by atoms with Gasteiger partial charge in [0.25, 0.3) is 0 Å². The summed E-state index contributed by atoms with van der Waals surface area (Å²) >= 11 is 6.18. The van der Waals surface area contributed by atoms with Crippen LogP contribution in [0.15, 0.2) is 24.3 Å². The number of amides is 1. The molecule has 80 valence electrons. The summed E-state index contributed by atoms with van der Waals surface area (Å²) in [7, 11) is 0. The van der Waals surface area contributed by atoms with E-state index < -0.39 is 11.6 Å². The van der Waals surface area contributed by atoms with Gasteiger partial charge >= 0.3 is 6.09 Å². The first-order valence-corrected chi connectivity index (χ1v) is 5.15. The van der Waals surface area contributed by atoms with Gasteiger partial charge in [-0.1, -0.05) is 43.6 Å². The fourth-order valence-electron chi connectivity index (χ4n) is 2.00. The van der Waals surface area contributed by atoms with E-state index in [0.29, 0.717) is 5.69 Å². The van der Waals surface area contributed by atoms with Crippen LogP contribution in [0.1, 0.15) is 19.4 Å². The van der Waals surface area contributed by atoms with Crippen LogP contribution in [0.5, 0.6) is 0 Å². The molecule has 1 amide bonds. The van der Waals surface area contributed by atoms with Crippen molar-refractivity contribution in [2.75, 3.05) is 4.90 Å². The molecular formula is C11H12ClNO2. The highest BCUT2D eigenvalue weighted by Crippen LogP contribution is 2.46. The molecule has 0 aliphatic carbocycles. The minimum absolute atomic E-state index is 0.351. The van der Waals surface area contributed by atoms with Gasteiger partial charge in [0.05, 0.1) is 5.69 Å². The molecule has 1 N–H and O–H groups in total. The average Bonchev–Trinajstić information content (AvgIpc) is 2.36. The van der Waals surface area contributed by atoms with Crippen molar-refractivity contribution in [2.24, 2.45) is 0 Å². The second-order valence-corrected chi connectivity index (χ2v) is 4.64. The van der Waals surface area contributed by atoms with Crippen molar-refractivity contribution >= 4 is 23.4 Å². The first-order chi connectivity index (χ1) is 6.96. The first kappa shape index (κ1) is 10.3. The van der Waals surface area contributed by atoms with Crippen molar-refractivity contribution in [3.63, 3.8) is 0 Å². The fraction of sp³-hybridized carbons (Fsp3) is 0.364. The van der Waals surface area contributed by atoms with E-state index in [0.717, 1.165) is 5.56 Å². The van der Waals surface area contributed by atoms with Crippen LogP contribution in [0.25, 0.3) is 0 Å². The van der Waals surface area contributed by atoms with Crippen LogP contribution in [-0.4, -0.2) is 16.7 Å². The normalized spacial score (nSPS) is 22.6. The second kappa shape index (κ2) is 3.14. The van der Waals surface area contributed by atoms with Gasteiger partial charge < -0.3 is 5.11 Å². The highest BCUT2D eigenvalue weighted by atomic mass is 35.5. The average molecular weight is 226 g/mol. The molecule has 1 unspecified atom stereocenters. The van der Waals surface area contributed by atoms with Gasteiger partial charge in [-0.3, -0.25) is 4.90 Å². The number of nitrogens with zero attached hydrogens (tertiary/aromatic N) is 1. The molecule has 1 heterocycles. The Morgan fingerprint density at radius 1 is 1.47 bits per heavy atom. The second-order valence-electron chi connectivity index (χ2n) is 4.23. The van der Waals surface area contributed by atoms with E-state index in [1.165, 1.54) is 4.90 Å². The van der Waals surface area contributed by atoms with Gasteiger partial charge in [0.2, 0.25) is 0 Å². The maximum atomic E-state index is 11.1. The summed E-state index contributed by atoms with van der Waals surface area (Å²) in [4.78, 5) is 12.3. The standard InChI is InChI=1S/C11H12ClNO2/c1-11(2)7-5-3-4-6-8(7)13(9(11)12)10(14)15/h3-6,9H,1-2H3,(H,14,15). The van der Waals surface area contributed by atoms with Gasteiger partial charge in [0, 0.05) is 5.41 Å². The molecule has 4 heteroatoms. The number of rotatable bonds is 0. The predicted octanol–water partition coefficient (Wildman–Crippen LogP) is 3.03. The Hall–Kier alpha value is -1.22. The van der Waals surface area contributed by atoms with Crippen LogP contribution < -0.4 is 4.90 Å². The van der Waals surface area contributed by atoms with E-state index in [1.807, 2.05) is 32.0 Å². The van der Waals surface area contributed by atoms with E-state index in [1.54, 1.807) is 6.07 Å². The molecule has 0 saturated heterocycles. The summed E-state index contributed by atoms with van der Waals surface area (Å²) in [6.45, 7) is 3.90. The number of anilines is 1. The highest BCUT2D eigenvalue weighted by molar-refractivity contribution is 6.26. The van der Waals surface area contributed by atoms with Crippen molar-refractivity contribution in [1.82, 2.24) is 0 Å². The number of para-hydroxylation sites is 1. The summed E-state index contributed by atoms with van der Waals surface area (Å²) in [5.74, 6) is 0. The molecule has 0 saturated carbocycles. The Morgan fingerprint density at radius 3 is 2.67 bits per heavy atom. The van der Waals surface area contributed by atoms with E-state index >= 15 is 0 Å². The number of carbonyl (C=O) groups is 1. The molecule has 0 radical (unpaired) electrons. The van der Waals surface area contributed by atoms with Gasteiger partial charge in [-0.2, -0.15) is 0 Å². The van der Waals surface area contributed by atoms with Crippen LogP contribution in [0.2, 0.25) is 0 Å². The van der Waals surface area contributed by atoms with Crippen molar-refractivity contribution < 1.29 is 9.90 Å². The topological polar surface area (TPSA) is 40.5 Å². The Bertz CT molecular complexity index is 417. The quantitative estimate of drug-likeness (QED) is 0.545. The lowest BCUT2D eigenvalue weighted by Crippen LogP contribution is -2.40. The number of halogens is 1. The number of benzene rings is 1. The molecule has 0 bridgehead atoms. The summed E-state index contributed by atoms with van der Waals surface area (Å²) in [6.07, 6.45) is -1.01. The Labute approximate surface area is 93.3 Å². The molecular weight excluding hydrogens is 214 g/mol. The lowest BCUT2D eigenvalue weighted by Gasteiger charge is -2.25. The van der Waals surface area contributed by atoms with Crippen LogP contribution in [0, 0.1) is 0 Å². The van der Waals surface area contributed by atoms with E-state index in [-0.39, 0.29) is 5.41 Å². The number of carboxylic acid groups (broad SMARTS) is 1. The third-order valence-corrected chi connectivity index (χ3v) is 3.63. The molecule has 0 aromatic heterocycles. The van der Waals surface area contributed by atoms with Crippen molar-refractivity contribution in [2.45, 2.75) is 24.8 Å². The molecule has 1 aliphatic rings. The van der Waals surface area contributed by atoms with Gasteiger partial charge in [-0.25, -0.2) is 4.79 Å². The summed E-state index contributed by atoms with van der Waals surface area (Å²) in [6, 6.07) is 7.43. The van der Waals surface area contributed by atoms with E-state index in [9.17, 15) is 4.79 Å². The summed E-state index contributed by atoms with van der Waals surface area (Å²) in [5, 5.41) is 9.10. The van der Waals surface area contributed by atoms with Crippen LogP contribution in [0.3, 0.4) is 0 Å². The third-order valence-electron chi connectivity index (χ3n) is 2.89. The molecule has 1 aliphatic heterocycles. The lowest BCUT2D eigenvalue weighted by molar-refractivity contribution is 0.200. The fourth-order valence-corrected chi connectivity index (χ4v) is 2.31.